The number of likely N-dealkylation sites (N-methyl/N-ethyl adjacent to an activating group) is 1. The van der Waals surface area contributed by atoms with E-state index in [1.165, 1.54) is 25.0 Å². The zero-order chi connectivity index (χ0) is 19.6. The van der Waals surface area contributed by atoms with Gasteiger partial charge in [0.15, 0.2) is 0 Å². The van der Waals surface area contributed by atoms with E-state index in [1.54, 1.807) is 3.07 Å². The van der Waals surface area contributed by atoms with Gasteiger partial charge in [-0.05, 0) is 0 Å². The van der Waals surface area contributed by atoms with Gasteiger partial charge < -0.3 is 0 Å². The van der Waals surface area contributed by atoms with Crippen LogP contribution >= 0.6 is 0 Å². The summed E-state index contributed by atoms with van der Waals surface area (Å²) in [4.78, 5) is 2.40. The summed E-state index contributed by atoms with van der Waals surface area (Å²) in [5.74, 6) is 1.09. The van der Waals surface area contributed by atoms with E-state index in [2.05, 4.69) is 103 Å². The van der Waals surface area contributed by atoms with Gasteiger partial charge in [0.1, 0.15) is 0 Å². The molecule has 0 saturated heterocycles. The van der Waals surface area contributed by atoms with Crippen molar-refractivity contribution in [3.63, 3.8) is 0 Å². The second-order valence-electron chi connectivity index (χ2n) is 7.92. The predicted molar refractivity (Wildman–Crippen MR) is 116 cm³/mol. The number of fused-ring (bicyclic) bond motifs is 4. The standard InChI is InChI=1S/C26H23NO.Hg/c1-27(19-21-10-4-2-5-11-21)20-26(23-13-6-3-7-14-23)28-25-17-16-22-12-8-9-15-24(22)18-25;/h2-10,12-17,26H,19-20H2,1H3;. The van der Waals surface area contributed by atoms with Gasteiger partial charge in [-0.2, -0.15) is 0 Å². The van der Waals surface area contributed by atoms with Gasteiger partial charge in [0.25, 0.3) is 0 Å². The number of ether oxygens (including phenoxy) is 1. The molecule has 29 heavy (non-hydrogen) atoms. The van der Waals surface area contributed by atoms with Crippen LogP contribution in [0.4, 0.5) is 0 Å². The maximum absolute atomic E-state index is 6.77. The third-order valence-corrected chi connectivity index (χ3v) is 14.2. The minimum absolute atomic E-state index is 0.0276. The van der Waals surface area contributed by atoms with E-state index in [9.17, 15) is 0 Å². The van der Waals surface area contributed by atoms with Gasteiger partial charge in [-0.25, -0.2) is 0 Å². The van der Waals surface area contributed by atoms with E-state index < -0.39 is 24.6 Å². The van der Waals surface area contributed by atoms with Crippen LogP contribution in [0.15, 0.2) is 91.0 Å². The summed E-state index contributed by atoms with van der Waals surface area (Å²) < 4.78 is 9.86. The molecule has 1 aliphatic heterocycles. The van der Waals surface area contributed by atoms with Crippen LogP contribution in [0.1, 0.15) is 17.2 Å². The summed E-state index contributed by atoms with van der Waals surface area (Å²) in [6, 6.07) is 32.9. The molecule has 0 bridgehead atoms. The van der Waals surface area contributed by atoms with Crippen molar-refractivity contribution < 1.29 is 29.3 Å². The molecule has 0 saturated carbocycles. The molecule has 1 atom stereocenters. The molecule has 140 valence electrons. The summed E-state index contributed by atoms with van der Waals surface area (Å²) in [7, 11) is 2.20. The molecule has 4 aromatic carbocycles. The van der Waals surface area contributed by atoms with Crippen LogP contribution in [-0.2, 0) is 31.1 Å². The van der Waals surface area contributed by atoms with Crippen molar-refractivity contribution in [2.24, 2.45) is 0 Å². The molecule has 0 amide bonds. The molecule has 2 nitrogen and oxygen atoms in total. The molecular weight excluding hydrogens is 543 g/mol. The minimum atomic E-state index is -1.63. The Balaban J connectivity index is 1.68. The first-order valence-corrected chi connectivity index (χ1v) is 15.8. The van der Waals surface area contributed by atoms with Crippen LogP contribution in [0.5, 0.6) is 5.75 Å². The van der Waals surface area contributed by atoms with Gasteiger partial charge in [0, 0.05) is 0 Å². The van der Waals surface area contributed by atoms with E-state index >= 15 is 0 Å². The third-order valence-electron chi connectivity index (χ3n) is 5.84. The fourth-order valence-electron chi connectivity index (χ4n) is 4.35. The van der Waals surface area contributed by atoms with E-state index in [0.29, 0.717) is 0 Å². The van der Waals surface area contributed by atoms with Gasteiger partial charge >= 0.3 is 185 Å². The SMILES string of the molecule is CN1Cc2cccc[c]2[Hg][c]2c(ccc3ccccc23)OC(c2ccccc2)C1. The molecule has 1 heterocycles. The van der Waals surface area contributed by atoms with Crippen LogP contribution in [0.2, 0.25) is 0 Å². The van der Waals surface area contributed by atoms with Crippen LogP contribution in [-0.4, -0.2) is 18.5 Å². The van der Waals surface area contributed by atoms with E-state index in [4.69, 9.17) is 4.74 Å². The summed E-state index contributed by atoms with van der Waals surface area (Å²) in [6.45, 7) is 1.84. The van der Waals surface area contributed by atoms with Crippen LogP contribution < -0.4 is 10.9 Å². The Hall–Kier alpha value is -2.16. The van der Waals surface area contributed by atoms with Gasteiger partial charge in [0.05, 0.1) is 0 Å². The Morgan fingerprint density at radius 3 is 2.48 bits per heavy atom. The predicted octanol–water partition coefficient (Wildman–Crippen LogP) is 4.44. The van der Waals surface area contributed by atoms with E-state index in [-0.39, 0.29) is 6.10 Å². The first-order chi connectivity index (χ1) is 14.3. The Morgan fingerprint density at radius 2 is 1.59 bits per heavy atom. The molecule has 0 spiro atoms. The van der Waals surface area contributed by atoms with Gasteiger partial charge in [-0.3, -0.25) is 0 Å². The monoisotopic (exact) mass is 567 g/mol. The molecule has 0 fully saturated rings. The van der Waals surface area contributed by atoms with Crippen molar-refractivity contribution in [3.05, 3.63) is 102 Å². The van der Waals surface area contributed by atoms with E-state index in [1.807, 2.05) is 0 Å². The first-order valence-electron chi connectivity index (χ1n) is 10.3. The second kappa shape index (κ2) is 8.29. The van der Waals surface area contributed by atoms with Gasteiger partial charge in [-0.1, -0.05) is 0 Å². The zero-order valence-corrected chi connectivity index (χ0v) is 22.2. The Morgan fingerprint density at radius 1 is 0.828 bits per heavy atom. The summed E-state index contributed by atoms with van der Waals surface area (Å²) in [6.07, 6.45) is 0.0276. The van der Waals surface area contributed by atoms with Crippen molar-refractivity contribution in [1.82, 2.24) is 4.90 Å². The van der Waals surface area contributed by atoms with Crippen molar-refractivity contribution in [2.45, 2.75) is 12.6 Å². The molecule has 4 aromatic rings. The van der Waals surface area contributed by atoms with Crippen LogP contribution in [0.25, 0.3) is 10.8 Å². The summed E-state index contributed by atoms with van der Waals surface area (Å²) in [5, 5.41) is 2.69. The second-order valence-corrected chi connectivity index (χ2v) is 15.0. The first kappa shape index (κ1) is 18.8. The third kappa shape index (κ3) is 3.97. The normalized spacial score (nSPS) is 16.7. The van der Waals surface area contributed by atoms with Gasteiger partial charge in [0.2, 0.25) is 0 Å². The molecule has 1 aliphatic rings. The number of nitrogens with zero attached hydrogens (tertiary/aromatic N) is 1. The summed E-state index contributed by atoms with van der Waals surface area (Å²) in [5.41, 5.74) is 2.73. The fourth-order valence-corrected chi connectivity index (χ4v) is 12.0. The van der Waals surface area contributed by atoms with Crippen molar-refractivity contribution in [3.8, 4) is 5.75 Å². The average molecular weight is 566 g/mol. The number of rotatable bonds is 1. The molecule has 0 aliphatic carbocycles. The number of benzene rings is 4. The number of hydrogen-bond donors (Lipinski definition) is 0. The molecular formula is C26H23HgNO. The maximum atomic E-state index is 6.77. The zero-order valence-electron chi connectivity index (χ0n) is 16.7. The van der Waals surface area contributed by atoms with Crippen molar-refractivity contribution in [2.75, 3.05) is 13.6 Å². The molecule has 5 rings (SSSR count). The Kier molecular flexibility index (Phi) is 5.39. The number of hydrogen-bond acceptors (Lipinski definition) is 2. The van der Waals surface area contributed by atoms with Crippen molar-refractivity contribution in [1.29, 1.82) is 0 Å². The summed E-state index contributed by atoms with van der Waals surface area (Å²) >= 11 is -1.63. The molecule has 0 radical (unpaired) electrons. The van der Waals surface area contributed by atoms with Gasteiger partial charge in [-0.15, -0.1) is 0 Å². The van der Waals surface area contributed by atoms with Crippen LogP contribution in [0, 0.1) is 0 Å². The topological polar surface area (TPSA) is 12.5 Å². The Labute approximate surface area is 184 Å². The molecule has 3 heteroatoms. The molecule has 1 unspecified atom stereocenters. The average Bonchev–Trinajstić information content (AvgIpc) is 2.76. The van der Waals surface area contributed by atoms with Crippen LogP contribution in [0.3, 0.4) is 0 Å². The quantitative estimate of drug-likeness (QED) is 0.317. The molecule has 0 aromatic heterocycles. The van der Waals surface area contributed by atoms with E-state index in [0.717, 1.165) is 18.8 Å². The molecule has 0 N–H and O–H groups in total. The Bertz CT molecular complexity index is 1140. The fraction of sp³-hybridized carbons (Fsp3) is 0.154. The van der Waals surface area contributed by atoms with Crippen molar-refractivity contribution >= 4 is 16.9 Å².